The minimum absolute atomic E-state index is 0.352. The molecule has 0 aromatic rings. The average Bonchev–Trinajstić information content (AvgIpc) is 2.51. The summed E-state index contributed by atoms with van der Waals surface area (Å²) in [6.45, 7) is 8.78. The first-order valence-corrected chi connectivity index (χ1v) is 9.82. The van der Waals surface area contributed by atoms with E-state index in [9.17, 15) is 9.90 Å². The molecule has 0 aromatic carbocycles. The Morgan fingerprint density at radius 2 is 1.36 bits per heavy atom. The number of hydrogen-bond acceptors (Lipinski definition) is 1. The quantitative estimate of drug-likeness (QED) is 0.337. The molecular formula is C20H40O2. The lowest BCUT2D eigenvalue weighted by Gasteiger charge is -2.37. The number of rotatable bonds is 15. The van der Waals surface area contributed by atoms with Gasteiger partial charge in [-0.2, -0.15) is 0 Å². The molecule has 0 aliphatic carbocycles. The van der Waals surface area contributed by atoms with E-state index in [1.165, 1.54) is 38.5 Å². The van der Waals surface area contributed by atoms with Crippen LogP contribution in [0.25, 0.3) is 0 Å². The second-order valence-corrected chi connectivity index (χ2v) is 6.98. The fourth-order valence-corrected chi connectivity index (χ4v) is 3.79. The summed E-state index contributed by atoms with van der Waals surface area (Å²) in [5, 5.41) is 10.1. The number of aliphatic carboxylic acids is 1. The Hall–Kier alpha value is -0.530. The van der Waals surface area contributed by atoms with E-state index < -0.39 is 11.4 Å². The molecule has 0 aliphatic rings. The zero-order valence-electron chi connectivity index (χ0n) is 15.6. The Morgan fingerprint density at radius 3 is 1.86 bits per heavy atom. The van der Waals surface area contributed by atoms with Gasteiger partial charge < -0.3 is 5.11 Å². The lowest BCUT2D eigenvalue weighted by molar-refractivity contribution is -0.154. The monoisotopic (exact) mass is 312 g/mol. The van der Waals surface area contributed by atoms with E-state index in [0.29, 0.717) is 5.92 Å². The van der Waals surface area contributed by atoms with Crippen LogP contribution >= 0.6 is 0 Å². The highest BCUT2D eigenvalue weighted by molar-refractivity contribution is 5.75. The first kappa shape index (κ1) is 21.5. The van der Waals surface area contributed by atoms with Gasteiger partial charge in [0, 0.05) is 0 Å². The molecule has 2 unspecified atom stereocenters. The van der Waals surface area contributed by atoms with Crippen molar-refractivity contribution in [1.29, 1.82) is 0 Å². The summed E-state index contributed by atoms with van der Waals surface area (Å²) in [5.41, 5.74) is -0.466. The third kappa shape index (κ3) is 7.15. The molecule has 0 heterocycles. The van der Waals surface area contributed by atoms with Crippen LogP contribution in [0.2, 0.25) is 0 Å². The maximum Gasteiger partial charge on any atom is 0.309 e. The topological polar surface area (TPSA) is 37.3 Å². The van der Waals surface area contributed by atoms with Crippen molar-refractivity contribution in [3.63, 3.8) is 0 Å². The van der Waals surface area contributed by atoms with Crippen LogP contribution in [-0.4, -0.2) is 11.1 Å². The molecule has 0 amide bonds. The van der Waals surface area contributed by atoms with Gasteiger partial charge in [-0.1, -0.05) is 91.9 Å². The zero-order chi connectivity index (χ0) is 16.8. The Labute approximate surface area is 139 Å². The van der Waals surface area contributed by atoms with Crippen LogP contribution in [0.15, 0.2) is 0 Å². The summed E-state index contributed by atoms with van der Waals surface area (Å²) in [5.74, 6) is -0.175. The number of carboxylic acid groups (broad SMARTS) is 1. The van der Waals surface area contributed by atoms with Gasteiger partial charge in [-0.05, 0) is 25.2 Å². The van der Waals surface area contributed by atoms with E-state index in [-0.39, 0.29) is 0 Å². The first-order valence-electron chi connectivity index (χ1n) is 9.82. The molecule has 0 aliphatic heterocycles. The summed E-state index contributed by atoms with van der Waals surface area (Å²) in [6, 6.07) is 0. The maximum atomic E-state index is 12.2. The van der Waals surface area contributed by atoms with Crippen LogP contribution < -0.4 is 0 Å². The third-order valence-electron chi connectivity index (χ3n) is 5.31. The van der Waals surface area contributed by atoms with Gasteiger partial charge in [0.1, 0.15) is 0 Å². The van der Waals surface area contributed by atoms with E-state index in [2.05, 4.69) is 27.7 Å². The predicted octanol–water partition coefficient (Wildman–Crippen LogP) is 6.82. The summed E-state index contributed by atoms with van der Waals surface area (Å²) < 4.78 is 0. The van der Waals surface area contributed by atoms with E-state index in [1.54, 1.807) is 0 Å². The van der Waals surface area contributed by atoms with E-state index >= 15 is 0 Å². The number of carboxylic acids is 1. The first-order chi connectivity index (χ1) is 10.6. The number of carbonyl (C=O) groups is 1. The van der Waals surface area contributed by atoms with Gasteiger partial charge in [0.15, 0.2) is 0 Å². The Kier molecular flexibility index (Phi) is 12.6. The molecule has 1 N–H and O–H groups in total. The minimum Gasteiger partial charge on any atom is -0.481 e. The fourth-order valence-electron chi connectivity index (χ4n) is 3.79. The van der Waals surface area contributed by atoms with E-state index in [0.717, 1.165) is 44.9 Å². The molecule has 132 valence electrons. The largest absolute Gasteiger partial charge is 0.481 e. The lowest BCUT2D eigenvalue weighted by Crippen LogP contribution is -2.39. The molecule has 2 atom stereocenters. The summed E-state index contributed by atoms with van der Waals surface area (Å²) in [7, 11) is 0. The van der Waals surface area contributed by atoms with Gasteiger partial charge in [-0.3, -0.25) is 4.79 Å². The minimum atomic E-state index is -0.527. The highest BCUT2D eigenvalue weighted by atomic mass is 16.4. The van der Waals surface area contributed by atoms with Crippen LogP contribution in [0, 0.1) is 11.3 Å². The van der Waals surface area contributed by atoms with Crippen molar-refractivity contribution in [1.82, 2.24) is 0 Å². The van der Waals surface area contributed by atoms with Crippen molar-refractivity contribution >= 4 is 5.97 Å². The van der Waals surface area contributed by atoms with Crippen LogP contribution in [0.5, 0.6) is 0 Å². The summed E-state index contributed by atoms with van der Waals surface area (Å²) in [4.78, 5) is 12.2. The summed E-state index contributed by atoms with van der Waals surface area (Å²) >= 11 is 0. The molecule has 22 heavy (non-hydrogen) atoms. The van der Waals surface area contributed by atoms with Crippen molar-refractivity contribution in [2.45, 2.75) is 111 Å². The van der Waals surface area contributed by atoms with Crippen molar-refractivity contribution in [2.24, 2.45) is 11.3 Å². The van der Waals surface area contributed by atoms with Crippen molar-refractivity contribution < 1.29 is 9.90 Å². The molecular weight excluding hydrogens is 272 g/mol. The molecule has 0 bridgehead atoms. The second-order valence-electron chi connectivity index (χ2n) is 6.98. The smallest absolute Gasteiger partial charge is 0.309 e. The highest BCUT2D eigenvalue weighted by Gasteiger charge is 2.43. The molecule has 2 nitrogen and oxygen atoms in total. The Morgan fingerprint density at radius 1 is 0.818 bits per heavy atom. The molecule has 0 saturated heterocycles. The number of unbranched alkanes of at least 4 members (excludes halogenated alkanes) is 6. The van der Waals surface area contributed by atoms with Crippen LogP contribution in [0.3, 0.4) is 0 Å². The van der Waals surface area contributed by atoms with Gasteiger partial charge >= 0.3 is 5.97 Å². The van der Waals surface area contributed by atoms with E-state index in [4.69, 9.17) is 0 Å². The van der Waals surface area contributed by atoms with Gasteiger partial charge in [0.05, 0.1) is 5.41 Å². The molecule has 0 radical (unpaired) electrons. The summed E-state index contributed by atoms with van der Waals surface area (Å²) in [6.07, 6.45) is 14.3. The molecule has 0 rings (SSSR count). The Bertz CT molecular complexity index is 275. The SMILES string of the molecule is CCCCCCC(CCCC)(C(=O)O)C(CC)CCCCC. The second kappa shape index (κ2) is 13.0. The molecule has 0 aromatic heterocycles. The standard InChI is InChI=1S/C20H40O2/c1-5-9-12-14-17-20(19(21)22,16-11-7-3)18(8-4)15-13-10-6-2/h18H,5-17H2,1-4H3,(H,21,22). The van der Waals surface area contributed by atoms with Crippen LogP contribution in [0.1, 0.15) is 111 Å². The van der Waals surface area contributed by atoms with Crippen molar-refractivity contribution in [2.75, 3.05) is 0 Å². The molecule has 2 heteroatoms. The van der Waals surface area contributed by atoms with Crippen molar-refractivity contribution in [3.8, 4) is 0 Å². The van der Waals surface area contributed by atoms with Crippen molar-refractivity contribution in [3.05, 3.63) is 0 Å². The average molecular weight is 313 g/mol. The van der Waals surface area contributed by atoms with E-state index in [1.807, 2.05) is 0 Å². The third-order valence-corrected chi connectivity index (χ3v) is 5.31. The molecule has 0 fully saturated rings. The van der Waals surface area contributed by atoms with Crippen LogP contribution in [-0.2, 0) is 4.79 Å². The van der Waals surface area contributed by atoms with Gasteiger partial charge in [0.2, 0.25) is 0 Å². The van der Waals surface area contributed by atoms with Gasteiger partial charge in [-0.25, -0.2) is 0 Å². The highest BCUT2D eigenvalue weighted by Crippen LogP contribution is 2.43. The predicted molar refractivity (Wildman–Crippen MR) is 96.3 cm³/mol. The van der Waals surface area contributed by atoms with Gasteiger partial charge in [0.25, 0.3) is 0 Å². The Balaban J connectivity index is 4.98. The maximum absolute atomic E-state index is 12.2. The zero-order valence-corrected chi connectivity index (χ0v) is 15.6. The normalized spacial score (nSPS) is 15.5. The lowest BCUT2D eigenvalue weighted by atomic mass is 9.66. The van der Waals surface area contributed by atoms with Crippen LogP contribution in [0.4, 0.5) is 0 Å². The fraction of sp³-hybridized carbons (Fsp3) is 0.950. The molecule has 0 spiro atoms. The van der Waals surface area contributed by atoms with Gasteiger partial charge in [-0.15, -0.1) is 0 Å². The molecule has 0 saturated carbocycles. The number of hydrogen-bond donors (Lipinski definition) is 1.